The minimum Gasteiger partial charge on any atom is -0.494 e. The highest BCUT2D eigenvalue weighted by molar-refractivity contribution is 7.89. The predicted molar refractivity (Wildman–Crippen MR) is 110 cm³/mol. The standard InChI is InChI=1S/C21H24FN3O4S/c1-24(14-19-17-5-3-4-6-20(17)29-23-19)15-9-11-25(12-10-15)30(26,27)16-7-8-21(28-2)18(22)13-16/h3-8,13,15H,9-12,14H2,1-2H3. The molecular weight excluding hydrogens is 409 g/mol. The maximum atomic E-state index is 14.0. The number of nitrogens with zero attached hydrogens (tertiary/aromatic N) is 3. The summed E-state index contributed by atoms with van der Waals surface area (Å²) < 4.78 is 51.4. The number of methoxy groups -OCH3 is 1. The van der Waals surface area contributed by atoms with Crippen molar-refractivity contribution in [1.29, 1.82) is 0 Å². The molecule has 4 rings (SSSR count). The number of benzene rings is 2. The second-order valence-electron chi connectivity index (χ2n) is 7.47. The van der Waals surface area contributed by atoms with Gasteiger partial charge in [-0.05, 0) is 50.2 Å². The van der Waals surface area contributed by atoms with E-state index in [0.717, 1.165) is 22.7 Å². The summed E-state index contributed by atoms with van der Waals surface area (Å²) in [7, 11) is -0.391. The van der Waals surface area contributed by atoms with Gasteiger partial charge in [0.15, 0.2) is 17.1 Å². The third-order valence-electron chi connectivity index (χ3n) is 5.66. The van der Waals surface area contributed by atoms with Crippen LogP contribution in [0.4, 0.5) is 4.39 Å². The van der Waals surface area contributed by atoms with Crippen molar-refractivity contribution in [3.63, 3.8) is 0 Å². The van der Waals surface area contributed by atoms with Crippen LogP contribution in [0.3, 0.4) is 0 Å². The fourth-order valence-electron chi connectivity index (χ4n) is 3.90. The van der Waals surface area contributed by atoms with Crippen molar-refractivity contribution in [2.24, 2.45) is 0 Å². The molecule has 30 heavy (non-hydrogen) atoms. The molecule has 0 N–H and O–H groups in total. The average molecular weight is 434 g/mol. The molecule has 1 aliphatic heterocycles. The van der Waals surface area contributed by atoms with Gasteiger partial charge in [-0.3, -0.25) is 4.90 Å². The van der Waals surface area contributed by atoms with Gasteiger partial charge >= 0.3 is 0 Å². The normalized spacial score (nSPS) is 16.4. The van der Waals surface area contributed by atoms with Crippen LogP contribution in [-0.2, 0) is 16.6 Å². The second kappa shape index (κ2) is 8.33. The largest absolute Gasteiger partial charge is 0.494 e. The van der Waals surface area contributed by atoms with Crippen molar-refractivity contribution in [1.82, 2.24) is 14.4 Å². The number of fused-ring (bicyclic) bond motifs is 1. The van der Waals surface area contributed by atoms with Crippen molar-refractivity contribution in [3.05, 3.63) is 54.0 Å². The van der Waals surface area contributed by atoms with Crippen molar-refractivity contribution >= 4 is 21.0 Å². The molecule has 1 aliphatic rings. The Bertz CT molecular complexity index is 1140. The maximum Gasteiger partial charge on any atom is 0.243 e. The molecule has 0 spiro atoms. The first-order valence-corrected chi connectivity index (χ1v) is 11.2. The Morgan fingerprint density at radius 1 is 1.23 bits per heavy atom. The third-order valence-corrected chi connectivity index (χ3v) is 7.55. The highest BCUT2D eigenvalue weighted by atomic mass is 32.2. The lowest BCUT2D eigenvalue weighted by molar-refractivity contribution is 0.159. The van der Waals surface area contributed by atoms with Crippen LogP contribution in [0.25, 0.3) is 11.0 Å². The van der Waals surface area contributed by atoms with Gasteiger partial charge in [0.05, 0.1) is 12.0 Å². The molecule has 2 heterocycles. The van der Waals surface area contributed by atoms with Crippen molar-refractivity contribution < 1.29 is 22.1 Å². The van der Waals surface area contributed by atoms with Crippen molar-refractivity contribution in [3.8, 4) is 5.75 Å². The molecule has 0 radical (unpaired) electrons. The molecule has 0 amide bonds. The lowest BCUT2D eigenvalue weighted by Crippen LogP contribution is -2.45. The third kappa shape index (κ3) is 3.92. The number of sulfonamides is 1. The first kappa shape index (κ1) is 20.8. The van der Waals surface area contributed by atoms with Crippen molar-refractivity contribution in [2.45, 2.75) is 30.3 Å². The Labute approximate surface area is 175 Å². The van der Waals surface area contributed by atoms with Crippen LogP contribution in [0, 0.1) is 5.82 Å². The number of hydrogen-bond acceptors (Lipinski definition) is 6. The molecule has 1 aromatic heterocycles. The molecule has 9 heteroatoms. The Balaban J connectivity index is 1.41. The lowest BCUT2D eigenvalue weighted by atomic mass is 10.0. The summed E-state index contributed by atoms with van der Waals surface area (Å²) in [6.07, 6.45) is 1.37. The van der Waals surface area contributed by atoms with E-state index in [-0.39, 0.29) is 16.7 Å². The van der Waals surface area contributed by atoms with Gasteiger partial charge in [0, 0.05) is 31.1 Å². The molecule has 3 aromatic rings. The second-order valence-corrected chi connectivity index (χ2v) is 9.41. The fraction of sp³-hybridized carbons (Fsp3) is 0.381. The molecule has 0 aliphatic carbocycles. The highest BCUT2D eigenvalue weighted by Gasteiger charge is 2.31. The predicted octanol–water partition coefficient (Wildman–Crippen LogP) is 3.26. The molecule has 1 fully saturated rings. The lowest BCUT2D eigenvalue weighted by Gasteiger charge is -2.35. The monoisotopic (exact) mass is 433 g/mol. The van der Waals surface area contributed by atoms with E-state index in [9.17, 15) is 12.8 Å². The van der Waals surface area contributed by atoms with E-state index in [1.54, 1.807) is 0 Å². The topological polar surface area (TPSA) is 75.9 Å². The van der Waals surface area contributed by atoms with Crippen LogP contribution < -0.4 is 4.74 Å². The van der Waals surface area contributed by atoms with E-state index in [4.69, 9.17) is 9.26 Å². The number of rotatable bonds is 6. The van der Waals surface area contributed by atoms with Gasteiger partial charge in [-0.2, -0.15) is 4.31 Å². The van der Waals surface area contributed by atoms with Gasteiger partial charge in [-0.1, -0.05) is 17.3 Å². The Morgan fingerprint density at radius 2 is 1.97 bits per heavy atom. The quantitative estimate of drug-likeness (QED) is 0.594. The SMILES string of the molecule is COc1ccc(S(=O)(=O)N2CCC(N(C)Cc3noc4ccccc34)CC2)cc1F. The van der Waals surface area contributed by atoms with Crippen molar-refractivity contribution in [2.75, 3.05) is 27.2 Å². The van der Waals surface area contributed by atoms with E-state index >= 15 is 0 Å². The van der Waals surface area contributed by atoms with Gasteiger partial charge in [0.2, 0.25) is 10.0 Å². The van der Waals surface area contributed by atoms with Crippen LogP contribution in [0.1, 0.15) is 18.5 Å². The first-order chi connectivity index (χ1) is 14.4. The summed E-state index contributed by atoms with van der Waals surface area (Å²) in [4.78, 5) is 2.13. The summed E-state index contributed by atoms with van der Waals surface area (Å²) in [5, 5.41) is 5.17. The van der Waals surface area contributed by atoms with Crippen LogP contribution in [0.15, 0.2) is 51.9 Å². The van der Waals surface area contributed by atoms with E-state index in [1.165, 1.54) is 23.5 Å². The number of para-hydroxylation sites is 1. The number of aromatic nitrogens is 1. The first-order valence-electron chi connectivity index (χ1n) is 9.77. The Kier molecular flexibility index (Phi) is 5.77. The maximum absolute atomic E-state index is 14.0. The van der Waals surface area contributed by atoms with Gasteiger partial charge in [-0.25, -0.2) is 12.8 Å². The van der Waals surface area contributed by atoms with Gasteiger partial charge < -0.3 is 9.26 Å². The Morgan fingerprint density at radius 3 is 2.67 bits per heavy atom. The smallest absolute Gasteiger partial charge is 0.243 e. The van der Waals surface area contributed by atoms with E-state index < -0.39 is 15.8 Å². The average Bonchev–Trinajstić information content (AvgIpc) is 3.16. The van der Waals surface area contributed by atoms with E-state index in [2.05, 4.69) is 10.1 Å². The molecule has 0 atom stereocenters. The van der Waals surface area contributed by atoms with E-state index in [0.29, 0.717) is 32.5 Å². The van der Waals surface area contributed by atoms with Gasteiger partial charge in [0.1, 0.15) is 5.69 Å². The van der Waals surface area contributed by atoms with Gasteiger partial charge in [-0.15, -0.1) is 0 Å². The highest BCUT2D eigenvalue weighted by Crippen LogP contribution is 2.27. The van der Waals surface area contributed by atoms with E-state index in [1.807, 2.05) is 31.3 Å². The summed E-state index contributed by atoms with van der Waals surface area (Å²) >= 11 is 0. The summed E-state index contributed by atoms with van der Waals surface area (Å²) in [5.74, 6) is -0.664. The van der Waals surface area contributed by atoms with Gasteiger partial charge in [0.25, 0.3) is 0 Å². The summed E-state index contributed by atoms with van der Waals surface area (Å²) in [5.41, 5.74) is 1.63. The molecular formula is C21H24FN3O4S. The zero-order valence-electron chi connectivity index (χ0n) is 16.9. The molecule has 2 aromatic carbocycles. The molecule has 1 saturated heterocycles. The Hall–Kier alpha value is -2.49. The number of piperidine rings is 1. The summed E-state index contributed by atoms with van der Waals surface area (Å²) in [6.45, 7) is 1.38. The number of hydrogen-bond donors (Lipinski definition) is 0. The van der Waals surface area contributed by atoms with Crippen LogP contribution in [0.5, 0.6) is 5.75 Å². The molecule has 0 bridgehead atoms. The summed E-state index contributed by atoms with van der Waals surface area (Å²) in [6, 6.07) is 11.7. The van der Waals surface area contributed by atoms with Crippen LogP contribution >= 0.6 is 0 Å². The molecule has 7 nitrogen and oxygen atoms in total. The zero-order valence-corrected chi connectivity index (χ0v) is 17.7. The minimum atomic E-state index is -3.75. The fourth-order valence-corrected chi connectivity index (χ4v) is 5.38. The minimum absolute atomic E-state index is 0.0228. The number of halogens is 1. The number of ether oxygens (including phenoxy) is 1. The van der Waals surface area contributed by atoms with Crippen LogP contribution in [0.2, 0.25) is 0 Å². The molecule has 0 unspecified atom stereocenters. The van der Waals surface area contributed by atoms with Crippen LogP contribution in [-0.4, -0.2) is 56.1 Å². The molecule has 160 valence electrons. The molecule has 0 saturated carbocycles. The zero-order chi connectivity index (χ0) is 21.3.